The van der Waals surface area contributed by atoms with E-state index in [2.05, 4.69) is 10.3 Å². The third kappa shape index (κ3) is 1.63. The van der Waals surface area contributed by atoms with Crippen molar-refractivity contribution in [2.45, 2.75) is 6.05 Å². The molecule has 2 N–H and O–H groups in total. The van der Waals surface area contributed by atoms with Gasteiger partial charge in [-0.25, -0.2) is 0 Å². The zero-order valence-electron chi connectivity index (χ0n) is 5.27. The minimum Gasteiger partial charge on any atom is -0.289 e. The van der Waals surface area contributed by atoms with Crippen LogP contribution < -0.4 is 10.9 Å². The molecule has 1 aliphatic heterocycles. The summed E-state index contributed by atoms with van der Waals surface area (Å²) in [7, 11) is 1.26. The highest BCUT2D eigenvalue weighted by molar-refractivity contribution is 4.92. The van der Waals surface area contributed by atoms with Crippen LogP contribution in [0.5, 0.6) is 0 Å². The molecule has 0 atom stereocenters. The van der Waals surface area contributed by atoms with Crippen LogP contribution in [0.25, 0.3) is 0 Å². The highest BCUT2D eigenvalue weighted by Crippen LogP contribution is 2.12. The Hall–Kier alpha value is -0.720. The van der Waals surface area contributed by atoms with Gasteiger partial charge in [0.25, 0.3) is 0 Å². The second kappa shape index (κ2) is 2.49. The molecule has 0 radical (unpaired) electrons. The molecule has 0 amide bonds. The van der Waals surface area contributed by atoms with E-state index in [-0.39, 0.29) is 0 Å². The van der Waals surface area contributed by atoms with Crippen molar-refractivity contribution < 1.29 is 13.6 Å². The summed E-state index contributed by atoms with van der Waals surface area (Å²) in [6, 6.07) is -3.04. The molecular weight excluding hydrogens is 144 g/mol. The summed E-state index contributed by atoms with van der Waals surface area (Å²) in [6.07, 6.45) is 1.77. The Bertz CT molecular complexity index is 149. The average Bonchev–Trinajstić information content (AvgIpc) is 1.86. The van der Waals surface area contributed by atoms with Gasteiger partial charge in [0.2, 0.25) is 0 Å². The molecule has 1 rings (SSSR count). The quantitative estimate of drug-likeness (QED) is 0.516. The standard InChI is InChI=1S/C4H7F2N3O/c1-10-9-7-3-2-4(5,6)8-9/h2-3,7-8H,1H3. The van der Waals surface area contributed by atoms with Crippen molar-refractivity contribution in [3.05, 3.63) is 12.3 Å². The second-order valence-corrected chi connectivity index (χ2v) is 1.67. The number of hydrazine groups is 2. The lowest BCUT2D eigenvalue weighted by Crippen LogP contribution is -2.55. The van der Waals surface area contributed by atoms with Gasteiger partial charge < -0.3 is 0 Å². The summed E-state index contributed by atoms with van der Waals surface area (Å²) in [4.78, 5) is 4.41. The van der Waals surface area contributed by atoms with Gasteiger partial charge in [0, 0.05) is 12.3 Å². The molecule has 6 heteroatoms. The lowest BCUT2D eigenvalue weighted by Gasteiger charge is -2.27. The fraction of sp³-hybridized carbons (Fsp3) is 0.500. The molecular formula is C4H7F2N3O. The summed E-state index contributed by atoms with van der Waals surface area (Å²) < 4.78 is 24.6. The molecule has 0 aromatic carbocycles. The first kappa shape index (κ1) is 7.39. The third-order valence-corrected chi connectivity index (χ3v) is 0.918. The van der Waals surface area contributed by atoms with Crippen LogP contribution in [-0.4, -0.2) is 18.4 Å². The van der Waals surface area contributed by atoms with E-state index in [1.54, 1.807) is 5.43 Å². The third-order valence-electron chi connectivity index (χ3n) is 0.918. The van der Waals surface area contributed by atoms with Crippen LogP contribution in [0.2, 0.25) is 0 Å². The normalized spacial score (nSPS) is 24.3. The second-order valence-electron chi connectivity index (χ2n) is 1.67. The molecule has 0 aromatic heterocycles. The maximum absolute atomic E-state index is 12.3. The van der Waals surface area contributed by atoms with E-state index in [0.717, 1.165) is 6.20 Å². The predicted molar refractivity (Wildman–Crippen MR) is 29.2 cm³/mol. The van der Waals surface area contributed by atoms with Crippen molar-refractivity contribution in [1.82, 2.24) is 16.1 Å². The smallest absolute Gasteiger partial charge is 0.289 e. The lowest BCUT2D eigenvalue weighted by molar-refractivity contribution is -0.255. The van der Waals surface area contributed by atoms with Gasteiger partial charge in [-0.2, -0.15) is 8.78 Å². The molecule has 0 bridgehead atoms. The molecule has 0 saturated carbocycles. The van der Waals surface area contributed by atoms with Gasteiger partial charge in [-0.15, -0.1) is 5.43 Å². The number of hydrogen-bond donors (Lipinski definition) is 2. The topological polar surface area (TPSA) is 36.5 Å². The van der Waals surface area contributed by atoms with Crippen LogP contribution in [0.4, 0.5) is 8.78 Å². The number of alkyl halides is 2. The Morgan fingerprint density at radius 3 is 2.70 bits per heavy atom. The van der Waals surface area contributed by atoms with Crippen molar-refractivity contribution in [3.8, 4) is 0 Å². The minimum absolute atomic E-state index is 0.683. The number of nitrogens with one attached hydrogen (secondary N) is 2. The highest BCUT2D eigenvalue weighted by atomic mass is 19.3. The van der Waals surface area contributed by atoms with Gasteiger partial charge in [-0.1, -0.05) is 0 Å². The molecule has 0 aromatic rings. The SMILES string of the molecule is CON1NC=CC(F)(F)N1. The maximum atomic E-state index is 12.3. The molecule has 4 nitrogen and oxygen atoms in total. The summed E-state index contributed by atoms with van der Waals surface area (Å²) in [5, 5.41) is 0.708. The lowest BCUT2D eigenvalue weighted by atomic mass is 10.5. The summed E-state index contributed by atoms with van der Waals surface area (Å²) in [5.41, 5.74) is 4.09. The molecule has 0 unspecified atom stereocenters. The van der Waals surface area contributed by atoms with Gasteiger partial charge in [0.15, 0.2) is 0 Å². The zero-order valence-corrected chi connectivity index (χ0v) is 5.27. The molecule has 0 aliphatic carbocycles. The van der Waals surface area contributed by atoms with E-state index < -0.39 is 6.05 Å². The van der Waals surface area contributed by atoms with Crippen LogP contribution >= 0.6 is 0 Å². The Morgan fingerprint density at radius 2 is 2.30 bits per heavy atom. The van der Waals surface area contributed by atoms with Crippen LogP contribution in [0.15, 0.2) is 12.3 Å². The van der Waals surface area contributed by atoms with Gasteiger partial charge in [0.05, 0.1) is 7.11 Å². The van der Waals surface area contributed by atoms with Gasteiger partial charge >= 0.3 is 6.05 Å². The number of nitrogens with zero attached hydrogens (tertiary/aromatic N) is 1. The number of hydrogen-bond acceptors (Lipinski definition) is 4. The van der Waals surface area contributed by atoms with Crippen molar-refractivity contribution >= 4 is 0 Å². The van der Waals surface area contributed by atoms with E-state index in [1.807, 2.05) is 0 Å². The molecule has 10 heavy (non-hydrogen) atoms. The van der Waals surface area contributed by atoms with Crippen LogP contribution in [0, 0.1) is 0 Å². The van der Waals surface area contributed by atoms with E-state index in [9.17, 15) is 8.78 Å². The first-order chi connectivity index (χ1) is 4.64. The van der Waals surface area contributed by atoms with Crippen molar-refractivity contribution in [2.75, 3.05) is 7.11 Å². The van der Waals surface area contributed by atoms with Crippen LogP contribution in [0.1, 0.15) is 0 Å². The van der Waals surface area contributed by atoms with E-state index in [4.69, 9.17) is 0 Å². The Labute approximate surface area is 56.3 Å². The fourth-order valence-electron chi connectivity index (χ4n) is 0.513. The first-order valence-electron chi connectivity index (χ1n) is 2.58. The zero-order chi connectivity index (χ0) is 7.61. The van der Waals surface area contributed by atoms with Gasteiger partial charge in [0.1, 0.15) is 0 Å². The summed E-state index contributed by atoms with van der Waals surface area (Å²) in [6.45, 7) is 0. The van der Waals surface area contributed by atoms with E-state index >= 15 is 0 Å². The molecule has 1 heterocycles. The molecule has 0 spiro atoms. The Balaban J connectivity index is 2.54. The van der Waals surface area contributed by atoms with Crippen LogP contribution in [0.3, 0.4) is 0 Å². The highest BCUT2D eigenvalue weighted by Gasteiger charge is 2.30. The largest absolute Gasteiger partial charge is 0.339 e. The summed E-state index contributed by atoms with van der Waals surface area (Å²) >= 11 is 0. The van der Waals surface area contributed by atoms with Crippen LogP contribution in [-0.2, 0) is 4.84 Å². The van der Waals surface area contributed by atoms with E-state index in [1.165, 1.54) is 7.11 Å². The first-order valence-corrected chi connectivity index (χ1v) is 2.58. The van der Waals surface area contributed by atoms with Crippen molar-refractivity contribution in [1.29, 1.82) is 0 Å². The minimum atomic E-state index is -3.04. The van der Waals surface area contributed by atoms with Gasteiger partial charge in [-0.3, -0.25) is 10.3 Å². The van der Waals surface area contributed by atoms with E-state index in [0.29, 0.717) is 11.4 Å². The Morgan fingerprint density at radius 1 is 1.60 bits per heavy atom. The fourth-order valence-corrected chi connectivity index (χ4v) is 0.513. The monoisotopic (exact) mass is 151 g/mol. The van der Waals surface area contributed by atoms with Crippen molar-refractivity contribution in [2.24, 2.45) is 0 Å². The molecule has 58 valence electrons. The average molecular weight is 151 g/mol. The van der Waals surface area contributed by atoms with Crippen molar-refractivity contribution in [3.63, 3.8) is 0 Å². The van der Waals surface area contributed by atoms with Gasteiger partial charge in [-0.05, 0) is 5.28 Å². The summed E-state index contributed by atoms with van der Waals surface area (Å²) in [5.74, 6) is 0. The number of halogens is 2. The molecule has 0 saturated heterocycles. The maximum Gasteiger partial charge on any atom is 0.339 e. The molecule has 1 aliphatic rings. The number of rotatable bonds is 1. The molecule has 0 fully saturated rings. The predicted octanol–water partition coefficient (Wildman–Crippen LogP) is -0.0209. The Kier molecular flexibility index (Phi) is 1.84.